The van der Waals surface area contributed by atoms with Crippen LogP contribution in [-0.4, -0.2) is 77.2 Å². The highest BCUT2D eigenvalue weighted by molar-refractivity contribution is 7.92. The molecule has 5 heterocycles. The van der Waals surface area contributed by atoms with E-state index in [4.69, 9.17) is 19.4 Å². The first kappa shape index (κ1) is 24.2. The molecule has 0 saturated carbocycles. The van der Waals surface area contributed by atoms with Gasteiger partial charge in [-0.3, -0.25) is 4.57 Å². The molecule has 1 aromatic carbocycles. The molecule has 4 aromatic rings. The van der Waals surface area contributed by atoms with Gasteiger partial charge in [-0.15, -0.1) is 11.3 Å². The van der Waals surface area contributed by atoms with Gasteiger partial charge in [-0.2, -0.15) is 9.97 Å². The van der Waals surface area contributed by atoms with E-state index in [2.05, 4.69) is 20.2 Å². The zero-order valence-electron chi connectivity index (χ0n) is 20.3. The minimum absolute atomic E-state index is 0.0666. The van der Waals surface area contributed by atoms with E-state index < -0.39 is 15.1 Å². The van der Waals surface area contributed by atoms with Crippen LogP contribution < -0.4 is 10.2 Å². The molecule has 6 rings (SSSR count). The molecule has 2 saturated heterocycles. The minimum Gasteiger partial charge on any atom is -0.380 e. The van der Waals surface area contributed by atoms with E-state index in [9.17, 15) is 8.42 Å². The van der Waals surface area contributed by atoms with E-state index in [1.807, 2.05) is 16.9 Å². The normalized spacial score (nSPS) is 20.8. The number of anilines is 3. The highest BCUT2D eigenvalue weighted by atomic mass is 32.2. The van der Waals surface area contributed by atoms with E-state index in [0.29, 0.717) is 61.3 Å². The van der Waals surface area contributed by atoms with Crippen LogP contribution in [0.4, 0.5) is 17.5 Å². The molecule has 2 fully saturated rings. The average molecular weight is 542 g/mol. The molecule has 194 valence electrons. The third-order valence-corrected chi connectivity index (χ3v) is 9.33. The van der Waals surface area contributed by atoms with Gasteiger partial charge in [-0.25, -0.2) is 18.4 Å². The number of ether oxygens (including phenoxy) is 2. The highest BCUT2D eigenvalue weighted by Crippen LogP contribution is 2.29. The lowest BCUT2D eigenvalue weighted by Gasteiger charge is -2.31. The van der Waals surface area contributed by atoms with Gasteiger partial charge in [-0.05, 0) is 44.0 Å². The van der Waals surface area contributed by atoms with Crippen LogP contribution in [0, 0.1) is 0 Å². The van der Waals surface area contributed by atoms with Crippen molar-refractivity contribution in [1.82, 2.24) is 24.5 Å². The summed E-state index contributed by atoms with van der Waals surface area (Å²) in [6.07, 6.45) is 3.13. The van der Waals surface area contributed by atoms with Crippen molar-refractivity contribution in [2.75, 3.05) is 43.1 Å². The Morgan fingerprint density at radius 2 is 2.00 bits per heavy atom. The molecule has 2 aliphatic rings. The van der Waals surface area contributed by atoms with Crippen molar-refractivity contribution < 1.29 is 17.9 Å². The molecule has 2 aliphatic heterocycles. The van der Waals surface area contributed by atoms with Gasteiger partial charge < -0.3 is 19.7 Å². The Kier molecular flexibility index (Phi) is 6.53. The molecule has 1 N–H and O–H groups in total. The van der Waals surface area contributed by atoms with Gasteiger partial charge in [0.2, 0.25) is 5.95 Å². The summed E-state index contributed by atoms with van der Waals surface area (Å²) in [7, 11) is -3.45. The quantitative estimate of drug-likeness (QED) is 0.389. The van der Waals surface area contributed by atoms with Crippen LogP contribution in [-0.2, 0) is 19.3 Å². The number of imidazole rings is 1. The SMILES string of the molecule is CC1CN(c2nc(Nc3ccc(S(=O)(=O)C4CCCOC4)cc3)c3ncn(-c4cscn4)c3n2)CCO1. The molecule has 0 radical (unpaired) electrons. The second kappa shape index (κ2) is 9.97. The summed E-state index contributed by atoms with van der Waals surface area (Å²) in [4.78, 5) is 21.0. The number of rotatable bonds is 6. The predicted octanol–water partition coefficient (Wildman–Crippen LogP) is 3.19. The molecule has 13 heteroatoms. The van der Waals surface area contributed by atoms with Crippen LogP contribution in [0.1, 0.15) is 19.8 Å². The molecular formula is C24H27N7O4S2. The summed E-state index contributed by atoms with van der Waals surface area (Å²) < 4.78 is 39.0. The number of morpholine rings is 1. The van der Waals surface area contributed by atoms with Crippen molar-refractivity contribution in [2.24, 2.45) is 0 Å². The van der Waals surface area contributed by atoms with E-state index in [1.165, 1.54) is 11.3 Å². The van der Waals surface area contributed by atoms with Crippen molar-refractivity contribution >= 4 is 49.8 Å². The van der Waals surface area contributed by atoms with E-state index in [1.54, 1.807) is 36.1 Å². The van der Waals surface area contributed by atoms with Gasteiger partial charge in [-0.1, -0.05) is 0 Å². The highest BCUT2D eigenvalue weighted by Gasteiger charge is 2.29. The van der Waals surface area contributed by atoms with Gasteiger partial charge in [0.25, 0.3) is 0 Å². The van der Waals surface area contributed by atoms with Crippen LogP contribution in [0.5, 0.6) is 0 Å². The lowest BCUT2D eigenvalue weighted by molar-refractivity contribution is 0.0526. The van der Waals surface area contributed by atoms with Crippen LogP contribution >= 0.6 is 11.3 Å². The first-order valence-electron chi connectivity index (χ1n) is 12.2. The second-order valence-corrected chi connectivity index (χ2v) is 12.1. The fraction of sp³-hybridized carbons (Fsp3) is 0.417. The Morgan fingerprint density at radius 3 is 2.73 bits per heavy atom. The van der Waals surface area contributed by atoms with E-state index >= 15 is 0 Å². The predicted molar refractivity (Wildman–Crippen MR) is 141 cm³/mol. The number of fused-ring (bicyclic) bond motifs is 1. The van der Waals surface area contributed by atoms with Crippen molar-refractivity contribution in [3.8, 4) is 5.82 Å². The number of nitrogens with one attached hydrogen (secondary N) is 1. The summed E-state index contributed by atoms with van der Waals surface area (Å²) in [5.41, 5.74) is 3.69. The molecule has 11 nitrogen and oxygen atoms in total. The Balaban J connectivity index is 1.34. The lowest BCUT2D eigenvalue weighted by Crippen LogP contribution is -2.42. The van der Waals surface area contributed by atoms with Crippen LogP contribution in [0.2, 0.25) is 0 Å². The third-order valence-electron chi connectivity index (χ3n) is 6.58. The van der Waals surface area contributed by atoms with Gasteiger partial charge in [0.05, 0.1) is 35.0 Å². The van der Waals surface area contributed by atoms with Crippen molar-refractivity contribution in [1.29, 1.82) is 0 Å². The maximum Gasteiger partial charge on any atom is 0.229 e. The summed E-state index contributed by atoms with van der Waals surface area (Å²) >= 11 is 1.50. The number of nitrogens with zero attached hydrogens (tertiary/aromatic N) is 6. The van der Waals surface area contributed by atoms with Crippen LogP contribution in [0.15, 0.2) is 46.4 Å². The number of aromatic nitrogens is 5. The Bertz CT molecular complexity index is 1480. The summed E-state index contributed by atoms with van der Waals surface area (Å²) in [6.45, 7) is 4.83. The first-order valence-corrected chi connectivity index (χ1v) is 14.7. The van der Waals surface area contributed by atoms with E-state index in [-0.39, 0.29) is 17.6 Å². The van der Waals surface area contributed by atoms with Crippen molar-refractivity contribution in [3.05, 3.63) is 41.5 Å². The Morgan fingerprint density at radius 1 is 1.14 bits per heavy atom. The Hall–Kier alpha value is -3.13. The lowest BCUT2D eigenvalue weighted by atomic mass is 10.2. The monoisotopic (exact) mass is 541 g/mol. The second-order valence-electron chi connectivity index (χ2n) is 9.17. The fourth-order valence-corrected chi connectivity index (χ4v) is 6.80. The van der Waals surface area contributed by atoms with Crippen LogP contribution in [0.25, 0.3) is 17.0 Å². The largest absolute Gasteiger partial charge is 0.380 e. The number of hydrogen-bond donors (Lipinski definition) is 1. The number of benzene rings is 1. The average Bonchev–Trinajstić information content (AvgIpc) is 3.60. The molecule has 0 spiro atoms. The zero-order chi connectivity index (χ0) is 25.4. The molecule has 3 aromatic heterocycles. The molecule has 0 bridgehead atoms. The number of sulfone groups is 1. The van der Waals surface area contributed by atoms with Gasteiger partial charge >= 0.3 is 0 Å². The standard InChI is InChI=1S/C24H27N7O4S2/c1-16-11-30(8-10-35-16)24-28-22(21-23(29-24)31(14-25-21)20-13-36-15-26-20)27-17-4-6-18(7-5-17)37(32,33)19-3-2-9-34-12-19/h4-7,13-16,19H,2-3,8-12H2,1H3,(H,27,28,29). The zero-order valence-corrected chi connectivity index (χ0v) is 21.9. The minimum atomic E-state index is -3.45. The van der Waals surface area contributed by atoms with Gasteiger partial charge in [0.15, 0.2) is 32.6 Å². The number of hydrogen-bond acceptors (Lipinski definition) is 11. The topological polar surface area (TPSA) is 124 Å². The van der Waals surface area contributed by atoms with Gasteiger partial charge in [0, 0.05) is 30.8 Å². The molecule has 0 amide bonds. The smallest absolute Gasteiger partial charge is 0.229 e. The molecule has 37 heavy (non-hydrogen) atoms. The number of thiazole rings is 1. The molecular weight excluding hydrogens is 514 g/mol. The first-order chi connectivity index (χ1) is 18.0. The van der Waals surface area contributed by atoms with Crippen molar-refractivity contribution in [3.63, 3.8) is 0 Å². The molecule has 0 aliphatic carbocycles. The third kappa shape index (κ3) is 4.79. The molecule has 2 unspecified atom stereocenters. The van der Waals surface area contributed by atoms with Gasteiger partial charge in [0.1, 0.15) is 6.33 Å². The fourth-order valence-electron chi connectivity index (χ4n) is 4.62. The maximum absolute atomic E-state index is 13.0. The maximum atomic E-state index is 13.0. The van der Waals surface area contributed by atoms with E-state index in [0.717, 1.165) is 12.2 Å². The summed E-state index contributed by atoms with van der Waals surface area (Å²) in [6, 6.07) is 6.75. The van der Waals surface area contributed by atoms with Crippen molar-refractivity contribution in [2.45, 2.75) is 36.0 Å². The Labute approximate surface area is 218 Å². The van der Waals surface area contributed by atoms with Crippen LogP contribution in [0.3, 0.4) is 0 Å². The summed E-state index contributed by atoms with van der Waals surface area (Å²) in [5.74, 6) is 1.84. The summed E-state index contributed by atoms with van der Waals surface area (Å²) in [5, 5.41) is 4.76. The molecule has 2 atom stereocenters.